The molecule has 2 aromatic rings. The summed E-state index contributed by atoms with van der Waals surface area (Å²) >= 11 is 5.05. The molecule has 0 atom stereocenters. The number of hydrogen-bond acceptors (Lipinski definition) is 2. The number of fused-ring (bicyclic) bond motifs is 1. The Morgan fingerprint density at radius 2 is 2.00 bits per heavy atom. The van der Waals surface area contributed by atoms with E-state index < -0.39 is 0 Å². The molecule has 20 heavy (non-hydrogen) atoms. The van der Waals surface area contributed by atoms with Gasteiger partial charge in [-0.3, -0.25) is 0 Å². The van der Waals surface area contributed by atoms with E-state index in [-0.39, 0.29) is 0 Å². The Morgan fingerprint density at radius 1 is 1.20 bits per heavy atom. The number of nitrogens with zero attached hydrogens (tertiary/aromatic N) is 1. The summed E-state index contributed by atoms with van der Waals surface area (Å²) in [5.41, 5.74) is 9.22. The van der Waals surface area contributed by atoms with Gasteiger partial charge in [-0.05, 0) is 48.0 Å². The maximum Gasteiger partial charge on any atom is 0.170 e. The van der Waals surface area contributed by atoms with E-state index in [2.05, 4.69) is 18.2 Å². The molecule has 4 heteroatoms. The van der Waals surface area contributed by atoms with Crippen LogP contribution in [0.25, 0.3) is 0 Å². The minimum atomic E-state index is 0.432. The van der Waals surface area contributed by atoms with Gasteiger partial charge in [0.05, 0.1) is 0 Å². The van der Waals surface area contributed by atoms with Crippen LogP contribution in [0.15, 0.2) is 48.5 Å². The summed E-state index contributed by atoms with van der Waals surface area (Å²) in [4.78, 5) is 1.96. The van der Waals surface area contributed by atoms with Crippen LogP contribution in [-0.2, 0) is 13.0 Å². The summed E-state index contributed by atoms with van der Waals surface area (Å²) in [7, 11) is 0. The average molecular weight is 284 g/mol. The molecule has 2 N–H and O–H groups in total. The van der Waals surface area contributed by atoms with Crippen LogP contribution < -0.4 is 15.4 Å². The summed E-state index contributed by atoms with van der Waals surface area (Å²) in [5, 5.41) is 0.432. The minimum Gasteiger partial charge on any atom is -0.489 e. The van der Waals surface area contributed by atoms with Crippen LogP contribution in [-0.4, -0.2) is 11.7 Å². The Bertz CT molecular complexity index is 628. The number of thiocarbonyl (C=S) groups is 1. The summed E-state index contributed by atoms with van der Waals surface area (Å²) < 4.78 is 5.83. The predicted molar refractivity (Wildman–Crippen MR) is 85.1 cm³/mol. The molecule has 0 aliphatic carbocycles. The zero-order valence-corrected chi connectivity index (χ0v) is 11.9. The van der Waals surface area contributed by atoms with Crippen LogP contribution in [0.2, 0.25) is 0 Å². The van der Waals surface area contributed by atoms with Crippen molar-refractivity contribution in [2.45, 2.75) is 13.0 Å². The highest BCUT2D eigenvalue weighted by Crippen LogP contribution is 2.31. The first-order valence-electron chi connectivity index (χ1n) is 6.60. The van der Waals surface area contributed by atoms with E-state index >= 15 is 0 Å². The monoisotopic (exact) mass is 284 g/mol. The second-order valence-electron chi connectivity index (χ2n) is 4.80. The lowest BCUT2D eigenvalue weighted by Crippen LogP contribution is -2.33. The average Bonchev–Trinajstić information content (AvgIpc) is 2.89. The van der Waals surface area contributed by atoms with Crippen molar-refractivity contribution in [3.63, 3.8) is 0 Å². The molecule has 3 nitrogen and oxygen atoms in total. The number of nitrogens with two attached hydrogens (primary N) is 1. The SMILES string of the molecule is NC(=S)N1CCc2cc(OCc3ccccc3)ccc21. The Labute approximate surface area is 124 Å². The quantitative estimate of drug-likeness (QED) is 0.880. The Kier molecular flexibility index (Phi) is 3.56. The Hall–Kier alpha value is -2.07. The molecule has 1 heterocycles. The lowest BCUT2D eigenvalue weighted by atomic mass is 10.1. The molecule has 0 spiro atoms. The van der Waals surface area contributed by atoms with Gasteiger partial charge in [0.25, 0.3) is 0 Å². The van der Waals surface area contributed by atoms with Gasteiger partial charge in [-0.25, -0.2) is 0 Å². The molecule has 0 saturated heterocycles. The third kappa shape index (κ3) is 2.60. The first-order chi connectivity index (χ1) is 9.74. The van der Waals surface area contributed by atoms with Crippen molar-refractivity contribution in [2.75, 3.05) is 11.4 Å². The summed E-state index contributed by atoms with van der Waals surface area (Å²) in [6.07, 6.45) is 0.954. The molecule has 102 valence electrons. The zero-order chi connectivity index (χ0) is 13.9. The van der Waals surface area contributed by atoms with Crippen molar-refractivity contribution in [3.8, 4) is 5.75 Å². The molecule has 2 aromatic carbocycles. The number of rotatable bonds is 3. The van der Waals surface area contributed by atoms with E-state index in [4.69, 9.17) is 22.7 Å². The highest BCUT2D eigenvalue weighted by molar-refractivity contribution is 7.80. The minimum absolute atomic E-state index is 0.432. The molecule has 0 saturated carbocycles. The highest BCUT2D eigenvalue weighted by Gasteiger charge is 2.21. The van der Waals surface area contributed by atoms with Crippen LogP contribution in [0.1, 0.15) is 11.1 Å². The Balaban J connectivity index is 1.72. The van der Waals surface area contributed by atoms with Gasteiger partial charge < -0.3 is 15.4 Å². The molecular weight excluding hydrogens is 268 g/mol. The number of ether oxygens (including phenoxy) is 1. The second-order valence-corrected chi connectivity index (χ2v) is 5.22. The molecule has 3 rings (SSSR count). The van der Waals surface area contributed by atoms with Gasteiger partial charge in [-0.15, -0.1) is 0 Å². The summed E-state index contributed by atoms with van der Waals surface area (Å²) in [5.74, 6) is 0.886. The van der Waals surface area contributed by atoms with E-state index in [9.17, 15) is 0 Å². The summed E-state index contributed by atoms with van der Waals surface area (Å²) in [6.45, 7) is 1.44. The summed E-state index contributed by atoms with van der Waals surface area (Å²) in [6, 6.07) is 16.2. The van der Waals surface area contributed by atoms with Crippen molar-refractivity contribution in [1.82, 2.24) is 0 Å². The molecular formula is C16H16N2OS. The van der Waals surface area contributed by atoms with E-state index in [0.717, 1.165) is 30.0 Å². The predicted octanol–water partition coefficient (Wildman–Crippen LogP) is 2.87. The molecule has 0 amide bonds. The van der Waals surface area contributed by atoms with Crippen LogP contribution in [0.3, 0.4) is 0 Å². The van der Waals surface area contributed by atoms with Crippen molar-refractivity contribution in [1.29, 1.82) is 0 Å². The molecule has 0 unspecified atom stereocenters. The van der Waals surface area contributed by atoms with E-state index in [1.165, 1.54) is 5.56 Å². The second kappa shape index (κ2) is 5.51. The number of anilines is 1. The van der Waals surface area contributed by atoms with Crippen LogP contribution in [0, 0.1) is 0 Å². The maximum atomic E-state index is 5.83. The van der Waals surface area contributed by atoms with Crippen LogP contribution in [0.5, 0.6) is 5.75 Å². The van der Waals surface area contributed by atoms with Crippen molar-refractivity contribution in [3.05, 3.63) is 59.7 Å². The van der Waals surface area contributed by atoms with Gasteiger partial charge in [0.1, 0.15) is 12.4 Å². The molecule has 1 aliphatic rings. The highest BCUT2D eigenvalue weighted by atomic mass is 32.1. The van der Waals surface area contributed by atoms with Crippen LogP contribution >= 0.6 is 12.2 Å². The van der Waals surface area contributed by atoms with E-state index in [1.807, 2.05) is 35.2 Å². The first-order valence-corrected chi connectivity index (χ1v) is 7.01. The lowest BCUT2D eigenvalue weighted by molar-refractivity contribution is 0.306. The molecule has 0 bridgehead atoms. The topological polar surface area (TPSA) is 38.5 Å². The molecule has 1 aliphatic heterocycles. The molecule has 0 radical (unpaired) electrons. The van der Waals surface area contributed by atoms with Gasteiger partial charge >= 0.3 is 0 Å². The van der Waals surface area contributed by atoms with Crippen LogP contribution in [0.4, 0.5) is 5.69 Å². The molecule has 0 aromatic heterocycles. The van der Waals surface area contributed by atoms with Gasteiger partial charge in [0.2, 0.25) is 0 Å². The Morgan fingerprint density at radius 3 is 2.75 bits per heavy atom. The standard InChI is InChI=1S/C16H16N2OS/c17-16(20)18-9-8-13-10-14(6-7-15(13)18)19-11-12-4-2-1-3-5-12/h1-7,10H,8-9,11H2,(H2,17,20). The normalized spacial score (nSPS) is 13.1. The van der Waals surface area contributed by atoms with Crippen molar-refractivity contribution < 1.29 is 4.74 Å². The fourth-order valence-corrected chi connectivity index (χ4v) is 2.63. The van der Waals surface area contributed by atoms with Gasteiger partial charge in [-0.1, -0.05) is 30.3 Å². The third-order valence-electron chi connectivity index (χ3n) is 3.46. The number of hydrogen-bond donors (Lipinski definition) is 1. The van der Waals surface area contributed by atoms with Crippen molar-refractivity contribution in [2.24, 2.45) is 5.73 Å². The first kappa shape index (κ1) is 12.9. The zero-order valence-electron chi connectivity index (χ0n) is 11.1. The van der Waals surface area contributed by atoms with E-state index in [0.29, 0.717) is 11.7 Å². The van der Waals surface area contributed by atoms with Gasteiger partial charge in [-0.2, -0.15) is 0 Å². The maximum absolute atomic E-state index is 5.83. The van der Waals surface area contributed by atoms with Gasteiger partial charge in [0.15, 0.2) is 5.11 Å². The van der Waals surface area contributed by atoms with Crippen molar-refractivity contribution >= 4 is 23.0 Å². The fraction of sp³-hybridized carbons (Fsp3) is 0.188. The van der Waals surface area contributed by atoms with E-state index in [1.54, 1.807) is 0 Å². The van der Waals surface area contributed by atoms with Gasteiger partial charge in [0, 0.05) is 12.2 Å². The molecule has 0 fully saturated rings. The number of benzene rings is 2. The third-order valence-corrected chi connectivity index (χ3v) is 3.68. The fourth-order valence-electron chi connectivity index (χ4n) is 2.44. The smallest absolute Gasteiger partial charge is 0.170 e. The lowest BCUT2D eigenvalue weighted by Gasteiger charge is -2.16. The largest absolute Gasteiger partial charge is 0.489 e.